The Morgan fingerprint density at radius 3 is 2.36 bits per heavy atom. The number of aromatic nitrogens is 1. The number of fused-ring (bicyclic) bond motifs is 3. The Kier molecular flexibility index (Phi) is 6.28. The van der Waals surface area contributed by atoms with Crippen molar-refractivity contribution in [1.29, 1.82) is 0 Å². The highest BCUT2D eigenvalue weighted by Crippen LogP contribution is 2.55. The molecule has 0 spiro atoms. The molecule has 11 nitrogen and oxygen atoms in total. The molecule has 6 N–H and O–H groups in total. The van der Waals surface area contributed by atoms with Gasteiger partial charge < -0.3 is 31.1 Å². The first-order valence-electron chi connectivity index (χ1n) is 12.7. The first-order valence-corrected chi connectivity index (χ1v) is 12.7. The summed E-state index contributed by atoms with van der Waals surface area (Å²) in [5.41, 5.74) is 4.18. The third-order valence-corrected chi connectivity index (χ3v) is 8.48. The van der Waals surface area contributed by atoms with Crippen molar-refractivity contribution >= 4 is 23.0 Å². The lowest BCUT2D eigenvalue weighted by Crippen LogP contribution is -2.63. The standard InChI is InChI=1S/C28H32N4O7/c1-31(2)17-11-13(16-7-5-6-8-30-16)22(33)19-14(17)9-12-10-15-21(32(3)4)24(35)20(27(29)38)26(37)28(15,39)25(36)18(12)23(19)34/h5-8,11-12,15,19,21-22,33,36-37,39H,9-10H2,1-4H3,(H2,29,38)/t12-,15-,19?,21-,22?,28-/m0/s1. The average Bonchev–Trinajstić information content (AvgIpc) is 2.86. The van der Waals surface area contributed by atoms with Crippen molar-refractivity contribution in [2.75, 3.05) is 28.2 Å². The number of pyridine rings is 1. The Bertz CT molecular complexity index is 1410. The second-order valence-corrected chi connectivity index (χ2v) is 11.0. The minimum Gasteiger partial charge on any atom is -0.508 e. The number of aliphatic hydroxyl groups excluding tert-OH is 3. The summed E-state index contributed by atoms with van der Waals surface area (Å²) in [5, 5.41) is 45.8. The van der Waals surface area contributed by atoms with E-state index in [1.54, 1.807) is 44.6 Å². The van der Waals surface area contributed by atoms with Crippen molar-refractivity contribution in [1.82, 2.24) is 14.8 Å². The van der Waals surface area contributed by atoms with E-state index in [-0.39, 0.29) is 18.4 Å². The Labute approximate surface area is 225 Å². The van der Waals surface area contributed by atoms with Crippen LogP contribution in [0, 0.1) is 17.8 Å². The monoisotopic (exact) mass is 536 g/mol. The van der Waals surface area contributed by atoms with Gasteiger partial charge in [-0.15, -0.1) is 0 Å². The third kappa shape index (κ3) is 3.68. The number of carbonyl (C=O) groups is 3. The second-order valence-electron chi connectivity index (χ2n) is 11.0. The number of nitrogens with two attached hydrogens (primary N) is 1. The zero-order valence-corrected chi connectivity index (χ0v) is 22.1. The van der Waals surface area contributed by atoms with Crippen LogP contribution in [0.15, 0.2) is 64.4 Å². The zero-order valence-electron chi connectivity index (χ0n) is 22.1. The molecule has 0 radical (unpaired) electrons. The molecule has 11 heteroatoms. The number of ketones is 2. The van der Waals surface area contributed by atoms with E-state index in [2.05, 4.69) is 4.98 Å². The number of amides is 1. The molecule has 4 aliphatic carbocycles. The molecule has 1 aromatic rings. The first kappa shape index (κ1) is 26.8. The Hall–Kier alpha value is -3.80. The quantitative estimate of drug-likeness (QED) is 0.335. The van der Waals surface area contributed by atoms with Gasteiger partial charge >= 0.3 is 0 Å². The van der Waals surface area contributed by atoms with Crippen LogP contribution in [0.4, 0.5) is 0 Å². The molecule has 1 fully saturated rings. The fraction of sp³-hybridized carbons (Fsp3) is 0.429. The van der Waals surface area contributed by atoms with Crippen molar-refractivity contribution < 1.29 is 34.8 Å². The summed E-state index contributed by atoms with van der Waals surface area (Å²) in [4.78, 5) is 47.2. The van der Waals surface area contributed by atoms with Gasteiger partial charge in [-0.2, -0.15) is 0 Å². The van der Waals surface area contributed by atoms with Crippen LogP contribution in [0.2, 0.25) is 0 Å². The first-order chi connectivity index (χ1) is 18.3. The van der Waals surface area contributed by atoms with Crippen LogP contribution in [0.1, 0.15) is 18.5 Å². The molecule has 1 amide bonds. The summed E-state index contributed by atoms with van der Waals surface area (Å²) in [7, 11) is 6.81. The van der Waals surface area contributed by atoms with Gasteiger partial charge in [0.15, 0.2) is 17.2 Å². The lowest BCUT2D eigenvalue weighted by atomic mass is 9.56. The van der Waals surface area contributed by atoms with Crippen molar-refractivity contribution in [2.45, 2.75) is 30.6 Å². The minimum atomic E-state index is -2.58. The number of carbonyl (C=O) groups excluding carboxylic acids is 3. The number of primary amides is 1. The zero-order chi connectivity index (χ0) is 28.5. The molecule has 0 bridgehead atoms. The largest absolute Gasteiger partial charge is 0.508 e. The van der Waals surface area contributed by atoms with Gasteiger partial charge in [0.25, 0.3) is 5.91 Å². The molecule has 0 aromatic carbocycles. The summed E-state index contributed by atoms with van der Waals surface area (Å²) in [5.74, 6) is -7.26. The molecular formula is C28H32N4O7. The van der Waals surface area contributed by atoms with E-state index in [9.17, 15) is 34.8 Å². The number of likely N-dealkylation sites (N-methyl/N-ethyl adjacent to an activating group) is 2. The van der Waals surface area contributed by atoms with Crippen LogP contribution in [-0.2, 0) is 14.4 Å². The maximum Gasteiger partial charge on any atom is 0.255 e. The van der Waals surface area contributed by atoms with Crippen molar-refractivity contribution in [3.05, 3.63) is 70.1 Å². The summed E-state index contributed by atoms with van der Waals surface area (Å²) in [6.45, 7) is 0. The third-order valence-electron chi connectivity index (χ3n) is 8.48. The average molecular weight is 537 g/mol. The molecule has 1 saturated carbocycles. The number of allylic oxidation sites excluding steroid dienone is 2. The van der Waals surface area contributed by atoms with Crippen LogP contribution in [-0.4, -0.2) is 98.6 Å². The van der Waals surface area contributed by atoms with Crippen LogP contribution in [0.3, 0.4) is 0 Å². The van der Waals surface area contributed by atoms with E-state index in [1.165, 1.54) is 4.90 Å². The van der Waals surface area contributed by atoms with E-state index in [4.69, 9.17) is 5.73 Å². The lowest BCUT2D eigenvalue weighted by molar-refractivity contribution is -0.137. The number of Topliss-reactive ketones (excluding diaryl/α,β-unsaturated/α-hetero) is 2. The van der Waals surface area contributed by atoms with Gasteiger partial charge in [-0.25, -0.2) is 0 Å². The summed E-state index contributed by atoms with van der Waals surface area (Å²) < 4.78 is 0. The van der Waals surface area contributed by atoms with Crippen molar-refractivity contribution in [3.8, 4) is 0 Å². The highest BCUT2D eigenvalue weighted by molar-refractivity contribution is 6.22. The number of hydrogen-bond donors (Lipinski definition) is 5. The number of rotatable bonds is 4. The number of nitrogens with zero attached hydrogens (tertiary/aromatic N) is 3. The lowest BCUT2D eigenvalue weighted by Gasteiger charge is -2.51. The minimum absolute atomic E-state index is 0.0517. The summed E-state index contributed by atoms with van der Waals surface area (Å²) in [6.07, 6.45) is 2.42. The Balaban J connectivity index is 1.72. The smallest absolute Gasteiger partial charge is 0.255 e. The van der Waals surface area contributed by atoms with Crippen LogP contribution >= 0.6 is 0 Å². The van der Waals surface area contributed by atoms with Gasteiger partial charge in [0, 0.05) is 43.1 Å². The van der Waals surface area contributed by atoms with Crippen molar-refractivity contribution in [3.63, 3.8) is 0 Å². The van der Waals surface area contributed by atoms with Crippen LogP contribution in [0.5, 0.6) is 0 Å². The SMILES string of the molecule is CN(C)C1=C2C[C@H]3C[C@H]4[C@H](N(C)C)C(=O)C(C(N)=O)=C(O)[C@@]4(O)C(O)=C3C(=O)C2C(O)C(c2ccccn2)=C1. The molecule has 0 aliphatic heterocycles. The van der Waals surface area contributed by atoms with E-state index < -0.39 is 70.1 Å². The van der Waals surface area contributed by atoms with E-state index in [1.807, 2.05) is 19.0 Å². The highest BCUT2D eigenvalue weighted by atomic mass is 16.4. The molecule has 2 unspecified atom stereocenters. The normalized spacial score (nSPS) is 32.6. The maximum atomic E-state index is 14.1. The predicted octanol–water partition coefficient (Wildman–Crippen LogP) is 0.234. The molecular weight excluding hydrogens is 504 g/mol. The molecule has 206 valence electrons. The highest BCUT2D eigenvalue weighted by Gasteiger charge is 2.63. The number of aliphatic hydroxyl groups is 4. The van der Waals surface area contributed by atoms with Gasteiger partial charge in [-0.05, 0) is 56.6 Å². The van der Waals surface area contributed by atoms with Crippen LogP contribution < -0.4 is 5.73 Å². The van der Waals surface area contributed by atoms with Gasteiger partial charge in [0.2, 0.25) is 0 Å². The van der Waals surface area contributed by atoms with Crippen LogP contribution in [0.25, 0.3) is 5.57 Å². The predicted molar refractivity (Wildman–Crippen MR) is 140 cm³/mol. The fourth-order valence-corrected chi connectivity index (χ4v) is 6.78. The summed E-state index contributed by atoms with van der Waals surface area (Å²) in [6, 6.07) is 4.13. The number of hydrogen-bond acceptors (Lipinski definition) is 10. The molecule has 1 aromatic heterocycles. The molecule has 4 aliphatic rings. The van der Waals surface area contributed by atoms with Gasteiger partial charge in [-0.3, -0.25) is 24.3 Å². The summed E-state index contributed by atoms with van der Waals surface area (Å²) >= 11 is 0. The molecule has 6 atom stereocenters. The van der Waals surface area contributed by atoms with Gasteiger partial charge in [0.1, 0.15) is 17.1 Å². The van der Waals surface area contributed by atoms with E-state index in [0.29, 0.717) is 16.8 Å². The van der Waals surface area contributed by atoms with Crippen molar-refractivity contribution in [2.24, 2.45) is 23.5 Å². The van der Waals surface area contributed by atoms with E-state index >= 15 is 0 Å². The maximum absolute atomic E-state index is 14.1. The van der Waals surface area contributed by atoms with Gasteiger partial charge in [-0.1, -0.05) is 6.07 Å². The molecule has 39 heavy (non-hydrogen) atoms. The molecule has 5 rings (SSSR count). The van der Waals surface area contributed by atoms with E-state index in [0.717, 1.165) is 5.70 Å². The molecule has 1 heterocycles. The topological polar surface area (TPSA) is 178 Å². The Morgan fingerprint density at radius 2 is 1.79 bits per heavy atom. The van der Waals surface area contributed by atoms with Gasteiger partial charge in [0.05, 0.1) is 23.8 Å². The Morgan fingerprint density at radius 1 is 1.10 bits per heavy atom. The fourth-order valence-electron chi connectivity index (χ4n) is 6.78. The molecule has 0 saturated heterocycles. The second kappa shape index (κ2) is 9.15.